The maximum Gasteiger partial charge on any atom is 0.175 e. The lowest BCUT2D eigenvalue weighted by Crippen LogP contribution is -2.31. The van der Waals surface area contributed by atoms with Crippen LogP contribution in [0.4, 0.5) is 11.4 Å². The Morgan fingerprint density at radius 3 is 2.44 bits per heavy atom. The minimum atomic E-state index is -3.19. The number of nitrogens with zero attached hydrogens (tertiary/aromatic N) is 1. The van der Waals surface area contributed by atoms with Crippen molar-refractivity contribution in [3.63, 3.8) is 0 Å². The van der Waals surface area contributed by atoms with Gasteiger partial charge in [-0.05, 0) is 43.9 Å². The van der Waals surface area contributed by atoms with Gasteiger partial charge in [-0.1, -0.05) is 0 Å². The first-order valence-electron chi connectivity index (χ1n) is 6.13. The summed E-state index contributed by atoms with van der Waals surface area (Å²) in [5.41, 5.74) is 7.40. The molecule has 1 aromatic carbocycles. The number of nitrogen functional groups attached to an aromatic ring is 1. The zero-order valence-corrected chi connectivity index (χ0v) is 11.9. The Morgan fingerprint density at radius 2 is 2.00 bits per heavy atom. The predicted octanol–water partition coefficient (Wildman–Crippen LogP) is 1.91. The van der Waals surface area contributed by atoms with Gasteiger partial charge < -0.3 is 10.6 Å². The molecule has 5 heteroatoms. The maximum absolute atomic E-state index is 11.4. The number of anilines is 2. The number of hydrogen-bond donors (Lipinski definition) is 1. The highest BCUT2D eigenvalue weighted by Gasteiger charge is 2.31. The fraction of sp³-hybridized carbons (Fsp3) is 0.538. The standard InChI is InChI=1S/C13H20N2O2S/c1-9(10-4-5-10)15(2)13-7-6-11(8-12(13)14)18(3,16)17/h6-10H,4-5,14H2,1-3H3. The molecule has 100 valence electrons. The Hall–Kier alpha value is -1.23. The SMILES string of the molecule is CC(C1CC1)N(C)c1ccc(S(C)(=O)=O)cc1N. The third kappa shape index (κ3) is 2.61. The van der Waals surface area contributed by atoms with Gasteiger partial charge in [0, 0.05) is 19.3 Å². The van der Waals surface area contributed by atoms with Crippen LogP contribution in [0, 0.1) is 5.92 Å². The van der Waals surface area contributed by atoms with Gasteiger partial charge in [0.05, 0.1) is 16.3 Å². The topological polar surface area (TPSA) is 63.4 Å². The van der Waals surface area contributed by atoms with Crippen LogP contribution < -0.4 is 10.6 Å². The average molecular weight is 268 g/mol. The molecule has 1 aliphatic carbocycles. The summed E-state index contributed by atoms with van der Waals surface area (Å²) in [5.74, 6) is 0.740. The van der Waals surface area contributed by atoms with E-state index < -0.39 is 9.84 Å². The summed E-state index contributed by atoms with van der Waals surface area (Å²) in [6.45, 7) is 2.18. The second-order valence-corrected chi connectivity index (χ2v) is 7.20. The molecule has 0 aliphatic heterocycles. The molecule has 1 aliphatic rings. The molecule has 0 bridgehead atoms. The van der Waals surface area contributed by atoms with Gasteiger partial charge in [-0.25, -0.2) is 8.42 Å². The molecule has 1 unspecified atom stereocenters. The molecule has 0 spiro atoms. The average Bonchev–Trinajstić information content (AvgIpc) is 3.09. The second kappa shape index (κ2) is 4.46. The van der Waals surface area contributed by atoms with Crippen LogP contribution in [0.15, 0.2) is 23.1 Å². The van der Waals surface area contributed by atoms with Crippen molar-refractivity contribution in [3.8, 4) is 0 Å². The van der Waals surface area contributed by atoms with Crippen LogP contribution in [0.25, 0.3) is 0 Å². The summed E-state index contributed by atoms with van der Waals surface area (Å²) in [5, 5.41) is 0. The van der Waals surface area contributed by atoms with E-state index in [2.05, 4.69) is 11.8 Å². The van der Waals surface area contributed by atoms with Crippen LogP contribution in [-0.2, 0) is 9.84 Å². The number of nitrogens with two attached hydrogens (primary N) is 1. The smallest absolute Gasteiger partial charge is 0.175 e. The molecule has 18 heavy (non-hydrogen) atoms. The van der Waals surface area contributed by atoms with Gasteiger partial charge in [0.15, 0.2) is 9.84 Å². The quantitative estimate of drug-likeness (QED) is 0.847. The van der Waals surface area contributed by atoms with E-state index in [1.54, 1.807) is 18.2 Å². The van der Waals surface area contributed by atoms with Crippen molar-refractivity contribution in [2.24, 2.45) is 5.92 Å². The highest BCUT2D eigenvalue weighted by molar-refractivity contribution is 7.90. The highest BCUT2D eigenvalue weighted by Crippen LogP contribution is 2.37. The van der Waals surface area contributed by atoms with E-state index in [0.717, 1.165) is 11.6 Å². The van der Waals surface area contributed by atoms with Crippen molar-refractivity contribution < 1.29 is 8.42 Å². The molecule has 1 atom stereocenters. The second-order valence-electron chi connectivity index (χ2n) is 5.18. The first-order valence-corrected chi connectivity index (χ1v) is 8.02. The van der Waals surface area contributed by atoms with Gasteiger partial charge in [0.2, 0.25) is 0 Å². The number of hydrogen-bond acceptors (Lipinski definition) is 4. The van der Waals surface area contributed by atoms with E-state index in [1.807, 2.05) is 7.05 Å². The lowest BCUT2D eigenvalue weighted by molar-refractivity contribution is 0.601. The third-order valence-corrected chi connectivity index (χ3v) is 4.83. The van der Waals surface area contributed by atoms with Crippen LogP contribution in [0.3, 0.4) is 0 Å². The fourth-order valence-electron chi connectivity index (χ4n) is 2.20. The first kappa shape index (κ1) is 13.2. The molecule has 1 fully saturated rings. The van der Waals surface area contributed by atoms with Gasteiger partial charge >= 0.3 is 0 Å². The van der Waals surface area contributed by atoms with Crippen molar-refractivity contribution in [1.82, 2.24) is 0 Å². The van der Waals surface area contributed by atoms with E-state index in [9.17, 15) is 8.42 Å². The Kier molecular flexibility index (Phi) is 3.27. The molecular weight excluding hydrogens is 248 g/mol. The molecule has 2 N–H and O–H groups in total. The lowest BCUT2D eigenvalue weighted by Gasteiger charge is -2.28. The molecule has 1 saturated carbocycles. The van der Waals surface area contributed by atoms with E-state index in [4.69, 9.17) is 5.73 Å². The van der Waals surface area contributed by atoms with Gasteiger partial charge in [-0.15, -0.1) is 0 Å². The Labute approximate surface area is 109 Å². The molecule has 0 amide bonds. The van der Waals surface area contributed by atoms with Crippen molar-refractivity contribution in [3.05, 3.63) is 18.2 Å². The normalized spacial score (nSPS) is 17.5. The summed E-state index contributed by atoms with van der Waals surface area (Å²) < 4.78 is 22.9. The maximum atomic E-state index is 11.4. The van der Waals surface area contributed by atoms with Gasteiger partial charge in [-0.2, -0.15) is 0 Å². The minimum Gasteiger partial charge on any atom is -0.397 e. The van der Waals surface area contributed by atoms with Crippen molar-refractivity contribution >= 4 is 21.2 Å². The zero-order valence-electron chi connectivity index (χ0n) is 11.1. The van der Waals surface area contributed by atoms with E-state index in [1.165, 1.54) is 19.1 Å². The molecule has 1 aromatic rings. The van der Waals surface area contributed by atoms with Gasteiger partial charge in [-0.3, -0.25) is 0 Å². The number of rotatable bonds is 4. The van der Waals surface area contributed by atoms with E-state index in [-0.39, 0.29) is 4.90 Å². The highest BCUT2D eigenvalue weighted by atomic mass is 32.2. The number of sulfone groups is 1. The van der Waals surface area contributed by atoms with Gasteiger partial charge in [0.1, 0.15) is 0 Å². The molecule has 2 rings (SSSR count). The summed E-state index contributed by atoms with van der Waals surface area (Å²) in [6, 6.07) is 5.40. The van der Waals surface area contributed by atoms with E-state index in [0.29, 0.717) is 11.7 Å². The molecule has 0 heterocycles. The van der Waals surface area contributed by atoms with Crippen LogP contribution in [-0.4, -0.2) is 27.8 Å². The van der Waals surface area contributed by atoms with E-state index >= 15 is 0 Å². The van der Waals surface area contributed by atoms with Crippen molar-refractivity contribution in [2.75, 3.05) is 23.9 Å². The summed E-state index contributed by atoms with van der Waals surface area (Å²) in [4.78, 5) is 2.41. The van der Waals surface area contributed by atoms with Crippen LogP contribution >= 0.6 is 0 Å². The third-order valence-electron chi connectivity index (χ3n) is 3.72. The minimum absolute atomic E-state index is 0.274. The Morgan fingerprint density at radius 1 is 1.39 bits per heavy atom. The lowest BCUT2D eigenvalue weighted by atomic mass is 10.1. The van der Waals surface area contributed by atoms with Crippen LogP contribution in [0.1, 0.15) is 19.8 Å². The monoisotopic (exact) mass is 268 g/mol. The van der Waals surface area contributed by atoms with Crippen molar-refractivity contribution in [1.29, 1.82) is 0 Å². The summed E-state index contributed by atoms with van der Waals surface area (Å²) >= 11 is 0. The predicted molar refractivity (Wildman–Crippen MR) is 74.6 cm³/mol. The largest absolute Gasteiger partial charge is 0.397 e. The first-order chi connectivity index (χ1) is 8.30. The molecule has 0 saturated heterocycles. The molecule has 4 nitrogen and oxygen atoms in total. The summed E-state index contributed by atoms with van der Waals surface area (Å²) in [6.07, 6.45) is 3.73. The van der Waals surface area contributed by atoms with Gasteiger partial charge in [0.25, 0.3) is 0 Å². The molecular formula is C13H20N2O2S. The Bertz CT molecular complexity index is 550. The molecule has 0 aromatic heterocycles. The van der Waals surface area contributed by atoms with Crippen LogP contribution in [0.2, 0.25) is 0 Å². The number of benzene rings is 1. The van der Waals surface area contributed by atoms with Crippen molar-refractivity contribution in [2.45, 2.75) is 30.7 Å². The molecule has 0 radical (unpaired) electrons. The Balaban J connectivity index is 2.29. The van der Waals surface area contributed by atoms with Crippen LogP contribution in [0.5, 0.6) is 0 Å². The summed E-state index contributed by atoms with van der Waals surface area (Å²) in [7, 11) is -1.18. The fourth-order valence-corrected chi connectivity index (χ4v) is 2.85. The zero-order chi connectivity index (χ0) is 13.5.